The molecule has 0 aromatic rings. The maximum absolute atomic E-state index is 6.00. The summed E-state index contributed by atoms with van der Waals surface area (Å²) in [6.07, 6.45) is 5.48. The van der Waals surface area contributed by atoms with Gasteiger partial charge in [0.05, 0.1) is 6.10 Å². The quantitative estimate of drug-likeness (QED) is 0.639. The van der Waals surface area contributed by atoms with Crippen molar-refractivity contribution in [2.75, 3.05) is 19.7 Å². The Hall–Kier alpha value is -0.0800. The van der Waals surface area contributed by atoms with Gasteiger partial charge in [-0.3, -0.25) is 0 Å². The smallest absolute Gasteiger partial charge is 0.0599 e. The molecule has 0 aliphatic carbocycles. The zero-order chi connectivity index (χ0) is 13.5. The van der Waals surface area contributed by atoms with Gasteiger partial charge in [-0.15, -0.1) is 0 Å². The van der Waals surface area contributed by atoms with Gasteiger partial charge in [-0.1, -0.05) is 27.7 Å². The molecule has 1 fully saturated rings. The van der Waals surface area contributed by atoms with Gasteiger partial charge >= 0.3 is 0 Å². The number of hydrogen-bond acceptors (Lipinski definition) is 2. The van der Waals surface area contributed by atoms with Crippen molar-refractivity contribution in [1.29, 1.82) is 0 Å². The first-order valence-electron chi connectivity index (χ1n) is 7.86. The number of ether oxygens (including phenoxy) is 1. The van der Waals surface area contributed by atoms with E-state index in [2.05, 4.69) is 39.5 Å². The Morgan fingerprint density at radius 1 is 1.06 bits per heavy atom. The third-order valence-corrected chi connectivity index (χ3v) is 4.30. The Balaban J connectivity index is 2.12. The number of hydrogen-bond donors (Lipinski definition) is 0. The van der Waals surface area contributed by atoms with E-state index in [4.69, 9.17) is 4.74 Å². The predicted octanol–water partition coefficient (Wildman–Crippen LogP) is 3.95. The van der Waals surface area contributed by atoms with E-state index >= 15 is 0 Å². The van der Waals surface area contributed by atoms with Crippen LogP contribution in [0.15, 0.2) is 0 Å². The summed E-state index contributed by atoms with van der Waals surface area (Å²) in [7, 11) is 0. The highest BCUT2D eigenvalue weighted by Crippen LogP contribution is 2.19. The Morgan fingerprint density at radius 3 is 2.17 bits per heavy atom. The van der Waals surface area contributed by atoms with Gasteiger partial charge in [0, 0.05) is 25.7 Å². The molecule has 0 aromatic heterocycles. The van der Waals surface area contributed by atoms with E-state index in [1.807, 2.05) is 0 Å². The highest BCUT2D eigenvalue weighted by atomic mass is 16.5. The maximum atomic E-state index is 6.00. The second kappa shape index (κ2) is 8.16. The van der Waals surface area contributed by atoms with E-state index in [1.54, 1.807) is 0 Å². The molecule has 0 saturated carbocycles. The van der Waals surface area contributed by atoms with E-state index < -0.39 is 0 Å². The lowest BCUT2D eigenvalue weighted by Crippen LogP contribution is -2.44. The molecule has 1 rings (SSSR count). The third kappa shape index (κ3) is 5.71. The van der Waals surface area contributed by atoms with Crippen LogP contribution in [0.5, 0.6) is 0 Å². The zero-order valence-corrected chi connectivity index (χ0v) is 13.1. The molecule has 0 aromatic carbocycles. The van der Waals surface area contributed by atoms with Crippen LogP contribution in [0, 0.1) is 11.8 Å². The minimum Gasteiger partial charge on any atom is -0.378 e. The first kappa shape index (κ1) is 16.0. The molecule has 1 heterocycles. The molecule has 1 aliphatic heterocycles. The number of likely N-dealkylation sites (tertiary alicyclic amines) is 1. The molecule has 2 heteroatoms. The second-order valence-corrected chi connectivity index (χ2v) is 6.63. The predicted molar refractivity (Wildman–Crippen MR) is 78.9 cm³/mol. The molecule has 2 nitrogen and oxygen atoms in total. The lowest BCUT2D eigenvalue weighted by molar-refractivity contribution is -0.00669. The first-order chi connectivity index (χ1) is 8.50. The lowest BCUT2D eigenvalue weighted by Gasteiger charge is -2.37. The summed E-state index contributed by atoms with van der Waals surface area (Å²) >= 11 is 0. The van der Waals surface area contributed by atoms with Gasteiger partial charge in [0.2, 0.25) is 0 Å². The molecular weight excluding hydrogens is 222 g/mol. The van der Waals surface area contributed by atoms with Gasteiger partial charge in [-0.05, 0) is 44.4 Å². The number of rotatable bonds is 7. The highest BCUT2D eigenvalue weighted by Gasteiger charge is 2.24. The second-order valence-electron chi connectivity index (χ2n) is 6.63. The third-order valence-electron chi connectivity index (χ3n) is 4.30. The first-order valence-corrected chi connectivity index (χ1v) is 7.86. The Bertz CT molecular complexity index is 207. The molecule has 0 N–H and O–H groups in total. The van der Waals surface area contributed by atoms with Crippen LogP contribution >= 0.6 is 0 Å². The summed E-state index contributed by atoms with van der Waals surface area (Å²) in [4.78, 5) is 2.62. The van der Waals surface area contributed by atoms with Crippen molar-refractivity contribution >= 4 is 0 Å². The van der Waals surface area contributed by atoms with Crippen molar-refractivity contribution in [1.82, 2.24) is 4.90 Å². The van der Waals surface area contributed by atoms with E-state index in [0.29, 0.717) is 12.1 Å². The summed E-state index contributed by atoms with van der Waals surface area (Å²) < 4.78 is 6.00. The largest absolute Gasteiger partial charge is 0.378 e. The van der Waals surface area contributed by atoms with Crippen LogP contribution < -0.4 is 0 Å². The average Bonchev–Trinajstić information content (AvgIpc) is 2.34. The fraction of sp³-hybridized carbons (Fsp3) is 1.00. The molecule has 1 aliphatic rings. The van der Waals surface area contributed by atoms with Crippen molar-refractivity contribution < 1.29 is 4.74 Å². The molecule has 0 bridgehead atoms. The molecule has 18 heavy (non-hydrogen) atoms. The van der Waals surface area contributed by atoms with E-state index in [9.17, 15) is 0 Å². The fourth-order valence-electron chi connectivity index (χ4n) is 2.61. The summed E-state index contributed by atoms with van der Waals surface area (Å²) in [6.45, 7) is 15.0. The van der Waals surface area contributed by atoms with Gasteiger partial charge < -0.3 is 9.64 Å². The van der Waals surface area contributed by atoms with Crippen LogP contribution in [0.2, 0.25) is 0 Å². The number of piperidine rings is 1. The molecule has 108 valence electrons. The van der Waals surface area contributed by atoms with E-state index in [0.717, 1.165) is 18.4 Å². The summed E-state index contributed by atoms with van der Waals surface area (Å²) in [5.74, 6) is 1.57. The molecular formula is C16H33NO. The molecule has 0 amide bonds. The molecule has 1 unspecified atom stereocenters. The fourth-order valence-corrected chi connectivity index (χ4v) is 2.61. The maximum Gasteiger partial charge on any atom is 0.0599 e. The lowest BCUT2D eigenvalue weighted by atomic mass is 10.00. The Morgan fingerprint density at radius 2 is 1.67 bits per heavy atom. The molecule has 0 radical (unpaired) electrons. The van der Waals surface area contributed by atoms with Crippen LogP contribution in [0.4, 0.5) is 0 Å². The van der Waals surface area contributed by atoms with Crippen molar-refractivity contribution in [2.24, 2.45) is 11.8 Å². The van der Waals surface area contributed by atoms with Crippen LogP contribution in [0.1, 0.15) is 60.3 Å². The van der Waals surface area contributed by atoms with Crippen molar-refractivity contribution in [2.45, 2.75) is 72.4 Å². The normalized spacial score (nSPS) is 20.8. The molecule has 1 saturated heterocycles. The van der Waals surface area contributed by atoms with Crippen molar-refractivity contribution in [3.63, 3.8) is 0 Å². The summed E-state index contributed by atoms with van der Waals surface area (Å²) in [5.41, 5.74) is 0. The summed E-state index contributed by atoms with van der Waals surface area (Å²) in [6, 6.07) is 0.715. The monoisotopic (exact) mass is 255 g/mol. The SMILES string of the molecule is CC(C)CCCOC1CCN(C(C)C(C)C)CC1. The van der Waals surface area contributed by atoms with Crippen LogP contribution in [0.3, 0.4) is 0 Å². The van der Waals surface area contributed by atoms with E-state index in [1.165, 1.54) is 38.8 Å². The molecule has 0 spiro atoms. The zero-order valence-electron chi connectivity index (χ0n) is 13.1. The van der Waals surface area contributed by atoms with Crippen molar-refractivity contribution in [3.05, 3.63) is 0 Å². The average molecular weight is 255 g/mol. The standard InChI is InChI=1S/C16H33NO/c1-13(2)7-6-12-18-16-8-10-17(11-9-16)15(5)14(3)4/h13-16H,6-12H2,1-5H3. The topological polar surface area (TPSA) is 12.5 Å². The highest BCUT2D eigenvalue weighted by molar-refractivity contribution is 4.78. The Kier molecular flexibility index (Phi) is 7.25. The van der Waals surface area contributed by atoms with Gasteiger partial charge in [0.1, 0.15) is 0 Å². The summed E-state index contributed by atoms with van der Waals surface area (Å²) in [5, 5.41) is 0. The number of nitrogens with zero attached hydrogens (tertiary/aromatic N) is 1. The van der Waals surface area contributed by atoms with Gasteiger partial charge in [0.15, 0.2) is 0 Å². The van der Waals surface area contributed by atoms with Crippen LogP contribution in [-0.4, -0.2) is 36.7 Å². The van der Waals surface area contributed by atoms with Gasteiger partial charge in [-0.2, -0.15) is 0 Å². The van der Waals surface area contributed by atoms with Crippen LogP contribution in [0.25, 0.3) is 0 Å². The van der Waals surface area contributed by atoms with Gasteiger partial charge in [-0.25, -0.2) is 0 Å². The van der Waals surface area contributed by atoms with Crippen molar-refractivity contribution in [3.8, 4) is 0 Å². The Labute approximate surface area is 114 Å². The molecule has 1 atom stereocenters. The minimum absolute atomic E-state index is 0.521. The van der Waals surface area contributed by atoms with E-state index in [-0.39, 0.29) is 0 Å². The van der Waals surface area contributed by atoms with Gasteiger partial charge in [0.25, 0.3) is 0 Å². The minimum atomic E-state index is 0.521. The van der Waals surface area contributed by atoms with Crippen LogP contribution in [-0.2, 0) is 4.74 Å².